The molecule has 148 valence electrons. The summed E-state index contributed by atoms with van der Waals surface area (Å²) in [5, 5.41) is 9.44. The first-order valence-corrected chi connectivity index (χ1v) is 9.86. The van der Waals surface area contributed by atoms with Gasteiger partial charge in [-0.1, -0.05) is 48.9 Å². The minimum Gasteiger partial charge on any atom is -0.350 e. The van der Waals surface area contributed by atoms with Crippen LogP contribution < -0.4 is 10.9 Å². The molecule has 4 aromatic rings. The molecule has 0 aliphatic carbocycles. The van der Waals surface area contributed by atoms with Gasteiger partial charge < -0.3 is 9.88 Å². The minimum absolute atomic E-state index is 0.144. The largest absolute Gasteiger partial charge is 0.350 e. The summed E-state index contributed by atoms with van der Waals surface area (Å²) < 4.78 is 3.15. The lowest BCUT2D eigenvalue weighted by Crippen LogP contribution is -2.33. The van der Waals surface area contributed by atoms with E-state index in [1.165, 1.54) is 4.68 Å². The maximum absolute atomic E-state index is 13.1. The van der Waals surface area contributed by atoms with Gasteiger partial charge in [-0.05, 0) is 30.2 Å². The third-order valence-electron chi connectivity index (χ3n) is 5.16. The van der Waals surface area contributed by atoms with Gasteiger partial charge in [0.1, 0.15) is 11.6 Å². The van der Waals surface area contributed by atoms with Crippen molar-refractivity contribution in [1.29, 1.82) is 0 Å². The van der Waals surface area contributed by atoms with E-state index in [4.69, 9.17) is 11.6 Å². The van der Waals surface area contributed by atoms with Gasteiger partial charge in [0.25, 0.3) is 5.56 Å². The molecule has 7 heteroatoms. The normalized spacial score (nSPS) is 12.4. The minimum atomic E-state index is -0.522. The Balaban J connectivity index is 1.79. The van der Waals surface area contributed by atoms with Crippen LogP contribution in [0.2, 0.25) is 5.02 Å². The molecular weight excluding hydrogens is 388 g/mol. The highest BCUT2D eigenvalue weighted by atomic mass is 35.5. The van der Waals surface area contributed by atoms with E-state index in [2.05, 4.69) is 10.4 Å². The smallest absolute Gasteiger partial charge is 0.291 e. The molecule has 1 amide bonds. The van der Waals surface area contributed by atoms with Crippen molar-refractivity contribution in [3.63, 3.8) is 0 Å². The van der Waals surface area contributed by atoms with Crippen LogP contribution in [0.4, 0.5) is 0 Å². The summed E-state index contributed by atoms with van der Waals surface area (Å²) in [7, 11) is 1.62. The topological polar surface area (TPSA) is 68.9 Å². The first-order chi connectivity index (χ1) is 14.0. The second kappa shape index (κ2) is 7.72. The number of rotatable bonds is 5. The number of halogens is 1. The predicted molar refractivity (Wildman–Crippen MR) is 115 cm³/mol. The Hall–Kier alpha value is -3.12. The molecule has 0 saturated carbocycles. The van der Waals surface area contributed by atoms with Gasteiger partial charge >= 0.3 is 0 Å². The maximum atomic E-state index is 13.1. The van der Waals surface area contributed by atoms with Crippen molar-refractivity contribution in [1.82, 2.24) is 19.7 Å². The van der Waals surface area contributed by atoms with Gasteiger partial charge in [0, 0.05) is 29.4 Å². The van der Waals surface area contributed by atoms with Crippen LogP contribution in [-0.2, 0) is 18.4 Å². The monoisotopic (exact) mass is 408 g/mol. The van der Waals surface area contributed by atoms with E-state index >= 15 is 0 Å². The lowest BCUT2D eigenvalue weighted by molar-refractivity contribution is -0.124. The van der Waals surface area contributed by atoms with Crippen LogP contribution in [0.25, 0.3) is 21.8 Å². The number of aromatic nitrogens is 3. The fourth-order valence-electron chi connectivity index (χ4n) is 3.75. The number of hydrogen-bond acceptors (Lipinski definition) is 3. The van der Waals surface area contributed by atoms with E-state index < -0.39 is 6.04 Å². The molecule has 4 rings (SSSR count). The number of benzene rings is 2. The van der Waals surface area contributed by atoms with Gasteiger partial charge in [0.2, 0.25) is 5.91 Å². The molecule has 1 unspecified atom stereocenters. The standard InChI is InChI=1S/C22H21ClN4O2/c1-3-18(21(28)24-12-14-7-6-8-15(23)11-14)27-19-10-5-4-9-16(19)17-13-25-26(2)22(29)20(17)27/h4-11,13,18H,3,12H2,1-2H3,(H,24,28). The molecule has 0 fully saturated rings. The average Bonchev–Trinajstić information content (AvgIpc) is 3.05. The fraction of sp³-hybridized carbons (Fsp3) is 0.227. The van der Waals surface area contributed by atoms with E-state index in [0.29, 0.717) is 23.5 Å². The number of aryl methyl sites for hydroxylation is 1. The van der Waals surface area contributed by atoms with Gasteiger partial charge in [-0.15, -0.1) is 0 Å². The second-order valence-electron chi connectivity index (χ2n) is 6.99. The summed E-state index contributed by atoms with van der Waals surface area (Å²) in [6.07, 6.45) is 2.23. The Labute approximate surface area is 172 Å². The fourth-order valence-corrected chi connectivity index (χ4v) is 3.96. The Kier molecular flexibility index (Phi) is 5.11. The highest BCUT2D eigenvalue weighted by molar-refractivity contribution is 6.30. The number of nitrogens with one attached hydrogen (secondary N) is 1. The molecule has 1 atom stereocenters. The Morgan fingerprint density at radius 1 is 1.17 bits per heavy atom. The van der Waals surface area contributed by atoms with Crippen molar-refractivity contribution < 1.29 is 4.79 Å². The molecule has 2 heterocycles. The lowest BCUT2D eigenvalue weighted by atomic mass is 10.1. The molecule has 0 saturated heterocycles. The quantitative estimate of drug-likeness (QED) is 0.546. The summed E-state index contributed by atoms with van der Waals surface area (Å²) in [6, 6.07) is 14.6. The summed E-state index contributed by atoms with van der Waals surface area (Å²) in [6.45, 7) is 2.31. The third-order valence-corrected chi connectivity index (χ3v) is 5.40. The van der Waals surface area contributed by atoms with Crippen LogP contribution in [0.1, 0.15) is 24.9 Å². The number of nitrogens with zero attached hydrogens (tertiary/aromatic N) is 3. The Morgan fingerprint density at radius 3 is 2.72 bits per heavy atom. The van der Waals surface area contributed by atoms with Gasteiger partial charge in [0.05, 0.1) is 11.7 Å². The van der Waals surface area contributed by atoms with Gasteiger partial charge in [-0.3, -0.25) is 9.59 Å². The molecule has 1 N–H and O–H groups in total. The van der Waals surface area contributed by atoms with E-state index in [0.717, 1.165) is 21.9 Å². The molecule has 2 aromatic carbocycles. The third kappa shape index (κ3) is 3.40. The number of para-hydroxylation sites is 1. The second-order valence-corrected chi connectivity index (χ2v) is 7.43. The average molecular weight is 409 g/mol. The van der Waals surface area contributed by atoms with Crippen LogP contribution in [0.15, 0.2) is 59.5 Å². The first kappa shape index (κ1) is 19.2. The highest BCUT2D eigenvalue weighted by Gasteiger charge is 2.25. The molecule has 0 bridgehead atoms. The number of hydrogen-bond donors (Lipinski definition) is 1. The summed E-state index contributed by atoms with van der Waals surface area (Å²) in [4.78, 5) is 26.0. The molecule has 0 radical (unpaired) electrons. The van der Waals surface area contributed by atoms with E-state index in [1.807, 2.05) is 54.0 Å². The Morgan fingerprint density at radius 2 is 1.97 bits per heavy atom. The predicted octanol–water partition coefficient (Wildman–Crippen LogP) is 3.81. The molecular formula is C22H21ClN4O2. The number of fused-ring (bicyclic) bond motifs is 3. The Bertz CT molecular complexity index is 1280. The molecule has 0 spiro atoms. The molecule has 0 aliphatic heterocycles. The van der Waals surface area contributed by atoms with Gasteiger partial charge in [0.15, 0.2) is 0 Å². The SMILES string of the molecule is CCC(C(=O)NCc1cccc(Cl)c1)n1c2ccccc2c2cnn(C)c(=O)c21. The highest BCUT2D eigenvalue weighted by Crippen LogP contribution is 2.30. The molecule has 6 nitrogen and oxygen atoms in total. The van der Waals surface area contributed by atoms with Crippen LogP contribution in [-0.4, -0.2) is 20.3 Å². The van der Waals surface area contributed by atoms with Crippen LogP contribution in [0, 0.1) is 0 Å². The zero-order chi connectivity index (χ0) is 20.5. The van der Waals surface area contributed by atoms with Crippen molar-refractivity contribution in [2.45, 2.75) is 25.9 Å². The summed E-state index contributed by atoms with van der Waals surface area (Å²) in [5.74, 6) is -0.144. The van der Waals surface area contributed by atoms with E-state index in [1.54, 1.807) is 19.3 Å². The molecule has 29 heavy (non-hydrogen) atoms. The molecule has 2 aromatic heterocycles. The van der Waals surface area contributed by atoms with Crippen LogP contribution in [0.5, 0.6) is 0 Å². The van der Waals surface area contributed by atoms with Crippen molar-refractivity contribution in [2.75, 3.05) is 0 Å². The van der Waals surface area contributed by atoms with Crippen molar-refractivity contribution in [3.05, 3.63) is 75.7 Å². The van der Waals surface area contributed by atoms with Crippen LogP contribution in [0.3, 0.4) is 0 Å². The first-order valence-electron chi connectivity index (χ1n) is 9.48. The number of carbonyl (C=O) groups is 1. The summed E-state index contributed by atoms with van der Waals surface area (Å²) in [5.41, 5.74) is 2.04. The zero-order valence-corrected chi connectivity index (χ0v) is 17.0. The number of amides is 1. The lowest BCUT2D eigenvalue weighted by Gasteiger charge is -2.19. The van der Waals surface area contributed by atoms with Crippen molar-refractivity contribution in [2.24, 2.45) is 7.05 Å². The van der Waals surface area contributed by atoms with Crippen molar-refractivity contribution >= 4 is 39.3 Å². The van der Waals surface area contributed by atoms with E-state index in [-0.39, 0.29) is 11.5 Å². The summed E-state index contributed by atoms with van der Waals surface area (Å²) >= 11 is 6.03. The maximum Gasteiger partial charge on any atom is 0.291 e. The van der Waals surface area contributed by atoms with E-state index in [9.17, 15) is 9.59 Å². The van der Waals surface area contributed by atoms with Gasteiger partial charge in [-0.25, -0.2) is 4.68 Å². The zero-order valence-electron chi connectivity index (χ0n) is 16.2. The van der Waals surface area contributed by atoms with Crippen molar-refractivity contribution in [3.8, 4) is 0 Å². The van der Waals surface area contributed by atoms with Gasteiger partial charge in [-0.2, -0.15) is 5.10 Å². The number of carbonyl (C=O) groups excluding carboxylic acids is 1. The van der Waals surface area contributed by atoms with Crippen LogP contribution >= 0.6 is 11.6 Å². The molecule has 0 aliphatic rings.